The van der Waals surface area contributed by atoms with Gasteiger partial charge in [0.25, 0.3) is 0 Å². The van der Waals surface area contributed by atoms with Gasteiger partial charge in [-0.1, -0.05) is 95.0 Å². The van der Waals surface area contributed by atoms with E-state index in [9.17, 15) is 4.21 Å². The van der Waals surface area contributed by atoms with Crippen LogP contribution in [-0.2, 0) is 17.8 Å². The number of hydrogen-bond acceptors (Lipinski definition) is 2. The minimum Gasteiger partial charge on any atom is -0.379 e. The summed E-state index contributed by atoms with van der Waals surface area (Å²) in [6, 6.07) is 11.9. The SMILES string of the molecule is CCCCCCCCCCCCc1cc(OS(=O)O)c2ccccc2c1. The predicted molar refractivity (Wildman–Crippen MR) is 111 cm³/mol. The zero-order valence-electron chi connectivity index (χ0n) is 15.9. The van der Waals surface area contributed by atoms with Crippen LogP contribution in [-0.4, -0.2) is 8.76 Å². The Balaban J connectivity index is 1.75. The number of hydrogen-bond donors (Lipinski definition) is 1. The molecule has 1 unspecified atom stereocenters. The third-order valence-electron chi connectivity index (χ3n) is 4.86. The lowest BCUT2D eigenvalue weighted by Gasteiger charge is -2.09. The van der Waals surface area contributed by atoms with Crippen molar-refractivity contribution >= 4 is 22.1 Å². The molecule has 2 aromatic carbocycles. The molecule has 0 aromatic heterocycles. The van der Waals surface area contributed by atoms with Gasteiger partial charge in [-0.15, -0.1) is 0 Å². The van der Waals surface area contributed by atoms with Crippen LogP contribution in [0.2, 0.25) is 0 Å². The Morgan fingerprint density at radius 2 is 1.50 bits per heavy atom. The molecular weight excluding hydrogens is 344 g/mol. The van der Waals surface area contributed by atoms with Gasteiger partial charge in [-0.2, -0.15) is 4.21 Å². The maximum atomic E-state index is 11.1. The van der Waals surface area contributed by atoms with Gasteiger partial charge in [0, 0.05) is 5.39 Å². The highest BCUT2D eigenvalue weighted by Crippen LogP contribution is 2.29. The van der Waals surface area contributed by atoms with Gasteiger partial charge in [0.2, 0.25) is 0 Å². The van der Waals surface area contributed by atoms with Gasteiger partial charge < -0.3 is 4.18 Å². The molecule has 0 saturated heterocycles. The minimum atomic E-state index is -2.30. The van der Waals surface area contributed by atoms with E-state index in [1.54, 1.807) is 0 Å². The van der Waals surface area contributed by atoms with Crippen LogP contribution in [0, 0.1) is 0 Å². The molecule has 0 amide bonds. The van der Waals surface area contributed by atoms with Crippen LogP contribution in [0.1, 0.15) is 76.7 Å². The maximum Gasteiger partial charge on any atom is 0.357 e. The first-order chi connectivity index (χ1) is 12.7. The van der Waals surface area contributed by atoms with Crippen molar-refractivity contribution in [2.24, 2.45) is 0 Å². The first kappa shape index (κ1) is 20.9. The van der Waals surface area contributed by atoms with E-state index >= 15 is 0 Å². The second kappa shape index (κ2) is 12.1. The van der Waals surface area contributed by atoms with E-state index in [-0.39, 0.29) is 0 Å². The summed E-state index contributed by atoms with van der Waals surface area (Å²) in [4.78, 5) is 0. The van der Waals surface area contributed by atoms with Crippen LogP contribution in [0.4, 0.5) is 0 Å². The topological polar surface area (TPSA) is 46.5 Å². The average Bonchev–Trinajstić information content (AvgIpc) is 2.63. The highest BCUT2D eigenvalue weighted by Gasteiger charge is 2.08. The van der Waals surface area contributed by atoms with Gasteiger partial charge in [0.05, 0.1) is 0 Å². The zero-order chi connectivity index (χ0) is 18.6. The molecule has 0 bridgehead atoms. The fraction of sp³-hybridized carbons (Fsp3) is 0.545. The molecule has 1 N–H and O–H groups in total. The third-order valence-corrected chi connectivity index (χ3v) is 5.19. The predicted octanol–water partition coefficient (Wildman–Crippen LogP) is 6.82. The molecule has 0 aliphatic heterocycles. The standard InChI is InChI=1S/C22H32O3S/c1-2-3-4-5-6-7-8-9-10-11-14-19-17-20-15-12-13-16-21(20)22(18-19)25-26(23)24/h12-13,15-18H,2-11,14H2,1H3,(H,23,24). The van der Waals surface area contributed by atoms with Crippen molar-refractivity contribution in [2.45, 2.75) is 77.6 Å². The highest BCUT2D eigenvalue weighted by molar-refractivity contribution is 7.74. The fourth-order valence-corrected chi connectivity index (χ4v) is 3.73. The molecule has 2 rings (SSSR count). The van der Waals surface area contributed by atoms with Crippen LogP contribution in [0.25, 0.3) is 10.8 Å². The summed E-state index contributed by atoms with van der Waals surface area (Å²) in [5.41, 5.74) is 1.17. The number of aryl methyl sites for hydroxylation is 1. The Bertz CT molecular complexity index is 684. The highest BCUT2D eigenvalue weighted by atomic mass is 32.2. The molecular formula is C22H32O3S. The van der Waals surface area contributed by atoms with E-state index in [4.69, 9.17) is 8.74 Å². The maximum absolute atomic E-state index is 11.1. The molecule has 2 aromatic rings. The van der Waals surface area contributed by atoms with E-state index in [1.807, 2.05) is 30.3 Å². The summed E-state index contributed by atoms with van der Waals surface area (Å²) < 4.78 is 25.2. The molecule has 0 aliphatic rings. The van der Waals surface area contributed by atoms with Crippen LogP contribution >= 0.6 is 0 Å². The molecule has 26 heavy (non-hydrogen) atoms. The molecule has 0 saturated carbocycles. The average molecular weight is 377 g/mol. The smallest absolute Gasteiger partial charge is 0.357 e. The molecule has 4 heteroatoms. The summed E-state index contributed by atoms with van der Waals surface area (Å²) in [7, 11) is 0. The van der Waals surface area contributed by atoms with Gasteiger partial charge in [-0.05, 0) is 29.9 Å². The van der Waals surface area contributed by atoms with Crippen molar-refractivity contribution in [3.8, 4) is 5.75 Å². The first-order valence-electron chi connectivity index (χ1n) is 10.0. The second-order valence-electron chi connectivity index (χ2n) is 7.05. The van der Waals surface area contributed by atoms with Crippen LogP contribution in [0.5, 0.6) is 5.75 Å². The summed E-state index contributed by atoms with van der Waals surface area (Å²) in [6.45, 7) is 2.26. The van der Waals surface area contributed by atoms with E-state index in [2.05, 4.69) is 13.0 Å². The number of rotatable bonds is 13. The first-order valence-corrected chi connectivity index (χ1v) is 11.0. The van der Waals surface area contributed by atoms with Gasteiger partial charge in [0.15, 0.2) is 5.75 Å². The Kier molecular flexibility index (Phi) is 9.72. The van der Waals surface area contributed by atoms with E-state index in [0.717, 1.165) is 23.6 Å². The lowest BCUT2D eigenvalue weighted by molar-refractivity contribution is 0.460. The summed E-state index contributed by atoms with van der Waals surface area (Å²) in [6.07, 6.45) is 14.2. The molecule has 144 valence electrons. The summed E-state index contributed by atoms with van der Waals surface area (Å²) in [5, 5.41) is 1.93. The van der Waals surface area contributed by atoms with Crippen LogP contribution in [0.15, 0.2) is 36.4 Å². The minimum absolute atomic E-state index is 0.492. The van der Waals surface area contributed by atoms with Crippen molar-refractivity contribution in [2.75, 3.05) is 0 Å². The normalized spacial score (nSPS) is 12.4. The van der Waals surface area contributed by atoms with E-state index < -0.39 is 11.4 Å². The molecule has 3 nitrogen and oxygen atoms in total. The molecule has 0 aliphatic carbocycles. The largest absolute Gasteiger partial charge is 0.379 e. The number of unbranched alkanes of at least 4 members (excludes halogenated alkanes) is 9. The zero-order valence-corrected chi connectivity index (χ0v) is 16.7. The molecule has 0 spiro atoms. The Labute approximate surface area is 160 Å². The van der Waals surface area contributed by atoms with Gasteiger partial charge >= 0.3 is 11.4 Å². The van der Waals surface area contributed by atoms with E-state index in [0.29, 0.717) is 5.75 Å². The Morgan fingerprint density at radius 3 is 2.15 bits per heavy atom. The van der Waals surface area contributed by atoms with Crippen molar-refractivity contribution in [1.29, 1.82) is 0 Å². The molecule has 0 heterocycles. The van der Waals surface area contributed by atoms with Crippen LogP contribution < -0.4 is 4.18 Å². The summed E-state index contributed by atoms with van der Waals surface area (Å²) in [5.74, 6) is 0.492. The number of benzene rings is 2. The monoisotopic (exact) mass is 376 g/mol. The van der Waals surface area contributed by atoms with Crippen molar-refractivity contribution < 1.29 is 12.9 Å². The van der Waals surface area contributed by atoms with Crippen molar-refractivity contribution in [3.63, 3.8) is 0 Å². The molecule has 0 radical (unpaired) electrons. The number of fused-ring (bicyclic) bond motifs is 1. The fourth-order valence-electron chi connectivity index (χ4n) is 3.44. The second-order valence-corrected chi connectivity index (χ2v) is 7.65. The van der Waals surface area contributed by atoms with E-state index in [1.165, 1.54) is 63.4 Å². The lowest BCUT2D eigenvalue weighted by atomic mass is 10.0. The van der Waals surface area contributed by atoms with Crippen LogP contribution in [0.3, 0.4) is 0 Å². The van der Waals surface area contributed by atoms with Crippen molar-refractivity contribution in [3.05, 3.63) is 42.0 Å². The molecule has 1 atom stereocenters. The Hall–Kier alpha value is -1.39. The van der Waals surface area contributed by atoms with Crippen molar-refractivity contribution in [1.82, 2.24) is 0 Å². The lowest BCUT2D eigenvalue weighted by Crippen LogP contribution is -1.99. The Morgan fingerprint density at radius 1 is 0.885 bits per heavy atom. The molecule has 0 fully saturated rings. The van der Waals surface area contributed by atoms with Gasteiger partial charge in [-0.3, -0.25) is 4.55 Å². The van der Waals surface area contributed by atoms with Gasteiger partial charge in [0.1, 0.15) is 0 Å². The summed E-state index contributed by atoms with van der Waals surface area (Å²) >= 11 is -2.30. The third kappa shape index (κ3) is 7.46. The van der Waals surface area contributed by atoms with Gasteiger partial charge in [-0.25, -0.2) is 0 Å². The quantitative estimate of drug-likeness (QED) is 0.308.